The summed E-state index contributed by atoms with van der Waals surface area (Å²) in [5.74, 6) is 1.27. The molecule has 8 nitrogen and oxygen atoms in total. The molecule has 0 aliphatic carbocycles. The molecule has 1 aliphatic heterocycles. The molecule has 0 unspecified atom stereocenters. The zero-order chi connectivity index (χ0) is 21.3. The Morgan fingerprint density at radius 2 is 2.00 bits per heavy atom. The minimum absolute atomic E-state index is 0.0363. The molecule has 1 aromatic rings. The molecule has 0 radical (unpaired) electrons. The summed E-state index contributed by atoms with van der Waals surface area (Å²) in [5, 5.41) is 6.45. The maximum Gasteiger partial charge on any atom is 0.243 e. The number of benzene rings is 1. The largest absolute Gasteiger partial charge is 0.356 e. The van der Waals surface area contributed by atoms with E-state index in [0.29, 0.717) is 25.6 Å². The zero-order valence-corrected chi connectivity index (χ0v) is 18.9. The fraction of sp³-hybridized carbons (Fsp3) is 0.579. The van der Waals surface area contributed by atoms with Crippen LogP contribution in [0.1, 0.15) is 12.8 Å². The minimum atomic E-state index is -3.22. The summed E-state index contributed by atoms with van der Waals surface area (Å²) < 4.78 is 25.4. The van der Waals surface area contributed by atoms with Crippen molar-refractivity contribution in [3.8, 4) is 0 Å². The van der Waals surface area contributed by atoms with Crippen LogP contribution in [0.25, 0.3) is 0 Å². The molecule has 29 heavy (non-hydrogen) atoms. The predicted molar refractivity (Wildman–Crippen MR) is 119 cm³/mol. The first kappa shape index (κ1) is 23.5. The van der Waals surface area contributed by atoms with Gasteiger partial charge in [-0.05, 0) is 25.0 Å². The minimum Gasteiger partial charge on any atom is -0.356 e. The van der Waals surface area contributed by atoms with Crippen molar-refractivity contribution in [1.29, 1.82) is 0 Å². The standard InChI is InChI=1S/C19H31N5O3S2/c1-23(2)18(25)15-22-19(20-11-13-28-17-9-5-4-6-10-17)21-14-16-8-7-12-24(16)29(3,26)27/h4-6,9-10,16H,7-8,11-15H2,1-3H3,(H2,20,21,22)/t16-/m1/s1. The summed E-state index contributed by atoms with van der Waals surface area (Å²) in [5.41, 5.74) is 0. The second-order valence-corrected chi connectivity index (χ2v) is 10.2. The Kier molecular flexibility index (Phi) is 9.25. The normalized spacial score (nSPS) is 17.9. The van der Waals surface area contributed by atoms with Gasteiger partial charge in [0.25, 0.3) is 0 Å². The van der Waals surface area contributed by atoms with Crippen LogP contribution >= 0.6 is 11.8 Å². The van der Waals surface area contributed by atoms with Crippen molar-refractivity contribution in [2.45, 2.75) is 23.8 Å². The van der Waals surface area contributed by atoms with Gasteiger partial charge in [-0.15, -0.1) is 11.8 Å². The molecule has 2 N–H and O–H groups in total. The number of guanidine groups is 1. The first-order valence-corrected chi connectivity index (χ1v) is 12.5. The lowest BCUT2D eigenvalue weighted by Gasteiger charge is -2.23. The van der Waals surface area contributed by atoms with E-state index in [0.717, 1.165) is 18.6 Å². The Hall–Kier alpha value is -1.78. The highest BCUT2D eigenvalue weighted by atomic mass is 32.2. The fourth-order valence-electron chi connectivity index (χ4n) is 2.98. The number of aliphatic imine (C=N–C) groups is 1. The molecule has 1 fully saturated rings. The van der Waals surface area contributed by atoms with Crippen molar-refractivity contribution >= 4 is 33.7 Å². The lowest BCUT2D eigenvalue weighted by Crippen LogP contribution is -2.47. The maximum absolute atomic E-state index is 11.9. The van der Waals surface area contributed by atoms with Crippen molar-refractivity contribution in [2.24, 2.45) is 4.99 Å². The van der Waals surface area contributed by atoms with E-state index < -0.39 is 10.0 Å². The highest BCUT2D eigenvalue weighted by Gasteiger charge is 2.31. The molecule has 1 aliphatic rings. The molecule has 10 heteroatoms. The van der Waals surface area contributed by atoms with E-state index in [4.69, 9.17) is 0 Å². The summed E-state index contributed by atoms with van der Waals surface area (Å²) in [6.45, 7) is 1.72. The fourth-order valence-corrected chi connectivity index (χ4v) is 4.95. The van der Waals surface area contributed by atoms with Gasteiger partial charge in [0.2, 0.25) is 15.9 Å². The van der Waals surface area contributed by atoms with Gasteiger partial charge >= 0.3 is 0 Å². The van der Waals surface area contributed by atoms with Crippen LogP contribution in [0.4, 0.5) is 0 Å². The first-order valence-electron chi connectivity index (χ1n) is 9.64. The van der Waals surface area contributed by atoms with E-state index in [9.17, 15) is 13.2 Å². The van der Waals surface area contributed by atoms with E-state index in [-0.39, 0.29) is 18.5 Å². The van der Waals surface area contributed by atoms with E-state index >= 15 is 0 Å². The van der Waals surface area contributed by atoms with Gasteiger partial charge < -0.3 is 15.5 Å². The lowest BCUT2D eigenvalue weighted by atomic mass is 10.2. The van der Waals surface area contributed by atoms with Crippen molar-refractivity contribution in [3.63, 3.8) is 0 Å². The van der Waals surface area contributed by atoms with E-state index in [1.54, 1.807) is 25.9 Å². The third-order valence-corrected chi connectivity index (χ3v) is 6.88. The molecule has 1 atom stereocenters. The number of hydrogen-bond donors (Lipinski definition) is 2. The molecule has 1 amide bonds. The molecule has 0 bridgehead atoms. The third kappa shape index (κ3) is 8.23. The number of hydrogen-bond acceptors (Lipinski definition) is 5. The number of nitrogens with one attached hydrogen (secondary N) is 2. The quantitative estimate of drug-likeness (QED) is 0.255. The molecule has 2 rings (SSSR count). The molecule has 1 aromatic carbocycles. The Morgan fingerprint density at radius 1 is 1.28 bits per heavy atom. The Morgan fingerprint density at radius 3 is 2.66 bits per heavy atom. The molecule has 162 valence electrons. The van der Waals surface area contributed by atoms with Gasteiger partial charge in [-0.2, -0.15) is 4.31 Å². The van der Waals surface area contributed by atoms with Crippen LogP contribution in [-0.2, 0) is 14.8 Å². The van der Waals surface area contributed by atoms with Crippen molar-refractivity contribution in [3.05, 3.63) is 30.3 Å². The van der Waals surface area contributed by atoms with Gasteiger partial charge in [0, 0.05) is 50.4 Å². The topological polar surface area (TPSA) is 94.1 Å². The van der Waals surface area contributed by atoms with Crippen LogP contribution in [0, 0.1) is 0 Å². The highest BCUT2D eigenvalue weighted by Crippen LogP contribution is 2.19. The van der Waals surface area contributed by atoms with Crippen LogP contribution in [0.3, 0.4) is 0 Å². The van der Waals surface area contributed by atoms with Gasteiger partial charge in [0.1, 0.15) is 6.54 Å². The zero-order valence-electron chi connectivity index (χ0n) is 17.3. The van der Waals surface area contributed by atoms with E-state index in [1.165, 1.54) is 20.4 Å². The van der Waals surface area contributed by atoms with E-state index in [2.05, 4.69) is 27.8 Å². The van der Waals surface area contributed by atoms with Gasteiger partial charge in [-0.25, -0.2) is 13.4 Å². The number of carbonyl (C=O) groups is 1. The van der Waals surface area contributed by atoms with Gasteiger partial charge in [-0.1, -0.05) is 18.2 Å². The summed E-state index contributed by atoms with van der Waals surface area (Å²) >= 11 is 1.73. The second kappa shape index (κ2) is 11.4. The monoisotopic (exact) mass is 441 g/mol. The summed E-state index contributed by atoms with van der Waals surface area (Å²) in [4.78, 5) is 18.9. The summed E-state index contributed by atoms with van der Waals surface area (Å²) in [6.07, 6.45) is 2.91. The van der Waals surface area contributed by atoms with Crippen LogP contribution < -0.4 is 10.6 Å². The van der Waals surface area contributed by atoms with Crippen LogP contribution in [0.2, 0.25) is 0 Å². The number of amides is 1. The number of sulfonamides is 1. The Bertz CT molecular complexity index is 784. The summed E-state index contributed by atoms with van der Waals surface area (Å²) in [7, 11) is 0.165. The Balaban J connectivity index is 1.90. The number of likely N-dealkylation sites (N-methyl/N-ethyl adjacent to an activating group) is 1. The smallest absolute Gasteiger partial charge is 0.243 e. The van der Waals surface area contributed by atoms with Crippen molar-refractivity contribution in [1.82, 2.24) is 19.8 Å². The number of thioether (sulfide) groups is 1. The third-order valence-electron chi connectivity index (χ3n) is 4.53. The average Bonchev–Trinajstić information content (AvgIpc) is 3.16. The number of nitrogens with zero attached hydrogens (tertiary/aromatic N) is 3. The van der Waals surface area contributed by atoms with Gasteiger partial charge in [0.05, 0.1) is 6.26 Å². The highest BCUT2D eigenvalue weighted by molar-refractivity contribution is 7.99. The SMILES string of the molecule is CN(C)C(=O)CN=C(NCCSc1ccccc1)NC[C@H]1CCCN1S(C)(=O)=O. The molecule has 1 heterocycles. The first-order chi connectivity index (χ1) is 13.8. The molecular weight excluding hydrogens is 410 g/mol. The molecule has 0 saturated carbocycles. The number of carbonyl (C=O) groups excluding carboxylic acids is 1. The van der Waals surface area contributed by atoms with E-state index in [1.807, 2.05) is 18.2 Å². The van der Waals surface area contributed by atoms with Crippen molar-refractivity contribution in [2.75, 3.05) is 52.3 Å². The van der Waals surface area contributed by atoms with Gasteiger partial charge in [-0.3, -0.25) is 4.79 Å². The van der Waals surface area contributed by atoms with Crippen LogP contribution in [0.5, 0.6) is 0 Å². The summed E-state index contributed by atoms with van der Waals surface area (Å²) in [6, 6.07) is 10.0. The maximum atomic E-state index is 11.9. The Labute approximate surface area is 178 Å². The van der Waals surface area contributed by atoms with Gasteiger partial charge in [0.15, 0.2) is 5.96 Å². The van der Waals surface area contributed by atoms with Crippen molar-refractivity contribution < 1.29 is 13.2 Å². The molecule has 0 spiro atoms. The molecule has 0 aromatic heterocycles. The van der Waals surface area contributed by atoms with Crippen LogP contribution in [-0.4, -0.2) is 87.8 Å². The lowest BCUT2D eigenvalue weighted by molar-refractivity contribution is -0.127. The van der Waals surface area contributed by atoms with Crippen LogP contribution in [0.15, 0.2) is 40.2 Å². The second-order valence-electron chi connectivity index (χ2n) is 7.09. The number of rotatable bonds is 9. The average molecular weight is 442 g/mol. The molecular formula is C19H31N5O3S2. The predicted octanol–water partition coefficient (Wildman–Crippen LogP) is 0.826. The molecule has 1 saturated heterocycles.